The second-order valence-electron chi connectivity index (χ2n) is 6.34. The first-order valence-electron chi connectivity index (χ1n) is 7.07. The number of nitrogens with zero attached hydrogens (tertiary/aromatic N) is 2. The second kappa shape index (κ2) is 6.12. The highest BCUT2D eigenvalue weighted by Gasteiger charge is 2.28. The molecule has 4 nitrogen and oxygen atoms in total. The highest BCUT2D eigenvalue weighted by Crippen LogP contribution is 2.37. The van der Waals surface area contributed by atoms with Crippen LogP contribution in [-0.2, 0) is 5.41 Å². The summed E-state index contributed by atoms with van der Waals surface area (Å²) >= 11 is 1.24. The van der Waals surface area contributed by atoms with E-state index in [1.807, 2.05) is 38.1 Å². The standard InChI is InChI=1S/C16H22N2O2S/c1-10(2)20-12-9-7-6-8-11(12)13(19)14-15(16(3,4)5)17-18-21-14/h6-10,13,19H,1-5H3. The van der Waals surface area contributed by atoms with Gasteiger partial charge in [0.25, 0.3) is 0 Å². The number of para-hydroxylation sites is 1. The lowest BCUT2D eigenvalue weighted by Gasteiger charge is -2.21. The number of rotatable bonds is 4. The van der Waals surface area contributed by atoms with Crippen LogP contribution in [0.2, 0.25) is 0 Å². The van der Waals surface area contributed by atoms with Gasteiger partial charge in [-0.05, 0) is 31.4 Å². The zero-order chi connectivity index (χ0) is 15.6. The van der Waals surface area contributed by atoms with E-state index in [4.69, 9.17) is 4.74 Å². The van der Waals surface area contributed by atoms with E-state index in [1.54, 1.807) is 0 Å². The fourth-order valence-corrected chi connectivity index (χ4v) is 2.98. The summed E-state index contributed by atoms with van der Waals surface area (Å²) in [4.78, 5) is 0.780. The van der Waals surface area contributed by atoms with Gasteiger partial charge in [-0.15, -0.1) is 5.10 Å². The maximum Gasteiger partial charge on any atom is 0.125 e. The van der Waals surface area contributed by atoms with Crippen LogP contribution >= 0.6 is 11.5 Å². The predicted octanol–water partition coefficient (Wildman–Crippen LogP) is 3.70. The summed E-state index contributed by atoms with van der Waals surface area (Å²) in [6.45, 7) is 10.1. The van der Waals surface area contributed by atoms with Gasteiger partial charge >= 0.3 is 0 Å². The molecule has 0 bridgehead atoms. The first-order valence-corrected chi connectivity index (χ1v) is 7.84. The third kappa shape index (κ3) is 3.60. The minimum absolute atomic E-state index is 0.0556. The molecule has 2 rings (SSSR count). The smallest absolute Gasteiger partial charge is 0.125 e. The first-order chi connectivity index (χ1) is 9.80. The molecule has 0 radical (unpaired) electrons. The van der Waals surface area contributed by atoms with E-state index >= 15 is 0 Å². The largest absolute Gasteiger partial charge is 0.491 e. The molecule has 5 heteroatoms. The highest BCUT2D eigenvalue weighted by atomic mass is 32.1. The molecule has 1 heterocycles. The molecule has 0 saturated carbocycles. The summed E-state index contributed by atoms with van der Waals surface area (Å²) in [5.41, 5.74) is 1.43. The Morgan fingerprint density at radius 1 is 1.19 bits per heavy atom. The van der Waals surface area contributed by atoms with E-state index in [2.05, 4.69) is 30.4 Å². The Kier molecular flexibility index (Phi) is 4.64. The summed E-state index contributed by atoms with van der Waals surface area (Å²) in [6, 6.07) is 7.57. The average Bonchev–Trinajstić information content (AvgIpc) is 2.87. The van der Waals surface area contributed by atoms with Crippen molar-refractivity contribution in [1.29, 1.82) is 0 Å². The van der Waals surface area contributed by atoms with Crippen LogP contribution in [0.1, 0.15) is 56.9 Å². The van der Waals surface area contributed by atoms with Crippen molar-refractivity contribution in [2.24, 2.45) is 0 Å². The van der Waals surface area contributed by atoms with Crippen LogP contribution in [0.5, 0.6) is 5.75 Å². The maximum absolute atomic E-state index is 10.8. The first kappa shape index (κ1) is 15.9. The van der Waals surface area contributed by atoms with Crippen LogP contribution in [0.4, 0.5) is 0 Å². The minimum Gasteiger partial charge on any atom is -0.491 e. The van der Waals surface area contributed by atoms with Crippen LogP contribution in [0.3, 0.4) is 0 Å². The van der Waals surface area contributed by atoms with Gasteiger partial charge < -0.3 is 9.84 Å². The quantitative estimate of drug-likeness (QED) is 0.935. The lowest BCUT2D eigenvalue weighted by molar-refractivity contribution is 0.198. The van der Waals surface area contributed by atoms with Crippen LogP contribution in [-0.4, -0.2) is 20.8 Å². The molecule has 114 valence electrons. The van der Waals surface area contributed by atoms with Crippen molar-refractivity contribution in [3.8, 4) is 5.75 Å². The minimum atomic E-state index is -0.769. The van der Waals surface area contributed by atoms with Crippen LogP contribution in [0, 0.1) is 0 Å². The number of ether oxygens (including phenoxy) is 1. The lowest BCUT2D eigenvalue weighted by Crippen LogP contribution is -2.16. The lowest BCUT2D eigenvalue weighted by atomic mass is 9.89. The Morgan fingerprint density at radius 2 is 1.86 bits per heavy atom. The Balaban J connectivity index is 2.42. The molecule has 1 aromatic heterocycles. The number of aliphatic hydroxyl groups is 1. The van der Waals surface area contributed by atoms with Gasteiger partial charge in [0.1, 0.15) is 11.9 Å². The van der Waals surface area contributed by atoms with E-state index in [1.165, 1.54) is 11.5 Å². The molecule has 1 aromatic carbocycles. The zero-order valence-electron chi connectivity index (χ0n) is 13.1. The molecule has 0 spiro atoms. The molecule has 2 aromatic rings. The van der Waals surface area contributed by atoms with Crippen molar-refractivity contribution in [2.75, 3.05) is 0 Å². The Hall–Kier alpha value is -1.46. The number of benzene rings is 1. The van der Waals surface area contributed by atoms with Gasteiger partial charge in [-0.2, -0.15) is 0 Å². The van der Waals surface area contributed by atoms with E-state index in [-0.39, 0.29) is 11.5 Å². The van der Waals surface area contributed by atoms with E-state index < -0.39 is 6.10 Å². The number of aromatic nitrogens is 2. The normalized spacial score (nSPS) is 13.5. The molecule has 0 amide bonds. The van der Waals surface area contributed by atoms with Crippen molar-refractivity contribution >= 4 is 11.5 Å². The fraction of sp³-hybridized carbons (Fsp3) is 0.500. The van der Waals surface area contributed by atoms with Crippen molar-refractivity contribution in [1.82, 2.24) is 9.59 Å². The van der Waals surface area contributed by atoms with Gasteiger partial charge in [-0.25, -0.2) is 0 Å². The van der Waals surface area contributed by atoms with Crippen LogP contribution < -0.4 is 4.74 Å². The third-order valence-corrected chi connectivity index (χ3v) is 3.83. The van der Waals surface area contributed by atoms with Gasteiger partial charge in [0.05, 0.1) is 16.7 Å². The molecule has 0 fully saturated rings. The Morgan fingerprint density at radius 3 is 2.48 bits per heavy atom. The monoisotopic (exact) mass is 306 g/mol. The SMILES string of the molecule is CC(C)Oc1ccccc1C(O)c1snnc1C(C)(C)C. The average molecular weight is 306 g/mol. The van der Waals surface area contributed by atoms with E-state index in [0.717, 1.165) is 16.1 Å². The van der Waals surface area contributed by atoms with Gasteiger partial charge in [0.15, 0.2) is 0 Å². The van der Waals surface area contributed by atoms with Crippen LogP contribution in [0.15, 0.2) is 24.3 Å². The van der Waals surface area contributed by atoms with E-state index in [0.29, 0.717) is 5.75 Å². The topological polar surface area (TPSA) is 55.2 Å². The number of aliphatic hydroxyl groups excluding tert-OH is 1. The van der Waals surface area contributed by atoms with Crippen molar-refractivity contribution in [3.63, 3.8) is 0 Å². The third-order valence-electron chi connectivity index (χ3n) is 3.05. The van der Waals surface area contributed by atoms with Crippen molar-refractivity contribution in [3.05, 3.63) is 40.4 Å². The van der Waals surface area contributed by atoms with Crippen molar-refractivity contribution in [2.45, 2.75) is 52.2 Å². The Labute approximate surface area is 130 Å². The molecule has 1 N–H and O–H groups in total. The highest BCUT2D eigenvalue weighted by molar-refractivity contribution is 7.05. The predicted molar refractivity (Wildman–Crippen MR) is 84.9 cm³/mol. The summed E-state index contributed by atoms with van der Waals surface area (Å²) < 4.78 is 9.81. The molecule has 21 heavy (non-hydrogen) atoms. The van der Waals surface area contributed by atoms with E-state index in [9.17, 15) is 5.11 Å². The number of hydrogen-bond acceptors (Lipinski definition) is 5. The summed E-state index contributed by atoms with van der Waals surface area (Å²) in [7, 11) is 0. The maximum atomic E-state index is 10.8. The zero-order valence-corrected chi connectivity index (χ0v) is 13.9. The van der Waals surface area contributed by atoms with Gasteiger partial charge in [0, 0.05) is 11.0 Å². The molecular formula is C16H22N2O2S. The molecule has 0 aliphatic carbocycles. The van der Waals surface area contributed by atoms with Crippen molar-refractivity contribution < 1.29 is 9.84 Å². The molecule has 0 aliphatic heterocycles. The summed E-state index contributed by atoms with van der Waals surface area (Å²) in [5.74, 6) is 0.702. The number of hydrogen-bond donors (Lipinski definition) is 1. The molecule has 1 atom stereocenters. The Bertz CT molecular complexity index is 602. The summed E-state index contributed by atoms with van der Waals surface area (Å²) in [5, 5.41) is 15.0. The van der Waals surface area contributed by atoms with Crippen LogP contribution in [0.25, 0.3) is 0 Å². The summed E-state index contributed by atoms with van der Waals surface area (Å²) in [6.07, 6.45) is -0.714. The van der Waals surface area contributed by atoms with Gasteiger partial charge in [-0.1, -0.05) is 43.5 Å². The molecule has 0 saturated heterocycles. The molecule has 1 unspecified atom stereocenters. The molecule has 0 aliphatic rings. The van der Waals surface area contributed by atoms with Gasteiger partial charge in [0.2, 0.25) is 0 Å². The fourth-order valence-electron chi connectivity index (χ4n) is 2.11. The van der Waals surface area contributed by atoms with Gasteiger partial charge in [-0.3, -0.25) is 0 Å². The second-order valence-corrected chi connectivity index (χ2v) is 7.13. The molecular weight excluding hydrogens is 284 g/mol.